The van der Waals surface area contributed by atoms with Crippen LogP contribution in [0.1, 0.15) is 53.9 Å². The quantitative estimate of drug-likeness (QED) is 0.442. The Hall–Kier alpha value is -2.65. The van der Waals surface area contributed by atoms with Crippen LogP contribution in [0.2, 0.25) is 0 Å². The summed E-state index contributed by atoms with van der Waals surface area (Å²) in [5.41, 5.74) is -0.239. The number of aliphatic hydroxyl groups is 1. The molecule has 3 aliphatic heterocycles. The van der Waals surface area contributed by atoms with E-state index in [1.165, 1.54) is 4.90 Å². The van der Waals surface area contributed by atoms with Crippen molar-refractivity contribution in [3.63, 3.8) is 0 Å². The molecule has 3 heterocycles. The predicted octanol–water partition coefficient (Wildman–Crippen LogP) is 2.39. The minimum absolute atomic E-state index is 0.198. The van der Waals surface area contributed by atoms with Crippen molar-refractivity contribution < 1.29 is 24.2 Å². The Bertz CT molecular complexity index is 1030. The lowest BCUT2D eigenvalue weighted by Crippen LogP contribution is -2.56. The number of nitrogens with zero attached hydrogens (tertiary/aromatic N) is 2. The van der Waals surface area contributed by atoms with Crippen molar-refractivity contribution >= 4 is 29.1 Å². The zero-order valence-electron chi connectivity index (χ0n) is 22.9. The molecule has 1 spiro atoms. The van der Waals surface area contributed by atoms with Crippen LogP contribution in [0.3, 0.4) is 0 Å². The summed E-state index contributed by atoms with van der Waals surface area (Å²) in [4.78, 5) is 44.8. The van der Waals surface area contributed by atoms with Gasteiger partial charge in [-0.1, -0.05) is 13.8 Å². The van der Waals surface area contributed by atoms with E-state index in [0.717, 1.165) is 18.8 Å². The first-order chi connectivity index (χ1) is 17.6. The molecule has 3 N–H and O–H groups in total. The number of ether oxygens (including phenoxy) is 1. The minimum Gasteiger partial charge on any atom is -0.394 e. The molecule has 2 bridgehead atoms. The molecule has 0 aromatic heterocycles. The average molecular weight is 515 g/mol. The third-order valence-electron chi connectivity index (χ3n) is 8.60. The molecule has 0 radical (unpaired) electrons. The van der Waals surface area contributed by atoms with Gasteiger partial charge < -0.3 is 30.3 Å². The van der Waals surface area contributed by atoms with E-state index in [4.69, 9.17) is 4.74 Å². The molecule has 37 heavy (non-hydrogen) atoms. The molecule has 3 saturated heterocycles. The van der Waals surface area contributed by atoms with Gasteiger partial charge in [0.2, 0.25) is 17.7 Å². The van der Waals surface area contributed by atoms with Gasteiger partial charge in [0.05, 0.1) is 30.1 Å². The molecule has 9 heteroatoms. The Morgan fingerprint density at radius 1 is 1.16 bits per heavy atom. The van der Waals surface area contributed by atoms with Crippen LogP contribution in [-0.2, 0) is 19.1 Å². The highest BCUT2D eigenvalue weighted by Gasteiger charge is 2.78. The van der Waals surface area contributed by atoms with Crippen LogP contribution in [0.4, 0.5) is 11.4 Å². The highest BCUT2D eigenvalue weighted by atomic mass is 16.5. The second-order valence-electron chi connectivity index (χ2n) is 11.3. The number of amides is 3. The highest BCUT2D eigenvalue weighted by Crippen LogP contribution is 2.63. The predicted molar refractivity (Wildman–Crippen MR) is 142 cm³/mol. The van der Waals surface area contributed by atoms with Crippen molar-refractivity contribution in [2.24, 2.45) is 17.8 Å². The number of likely N-dealkylation sites (tertiary alicyclic amines) is 1. The van der Waals surface area contributed by atoms with E-state index in [9.17, 15) is 19.5 Å². The van der Waals surface area contributed by atoms with Gasteiger partial charge in [-0.25, -0.2) is 0 Å². The number of hydrogen-bond donors (Lipinski definition) is 3. The molecule has 4 rings (SSSR count). The fraction of sp³-hybridized carbons (Fsp3) is 0.679. The zero-order valence-corrected chi connectivity index (χ0v) is 22.9. The van der Waals surface area contributed by atoms with E-state index in [1.54, 1.807) is 7.05 Å². The molecule has 0 saturated carbocycles. The maximum atomic E-state index is 14.0. The minimum atomic E-state index is -1.11. The van der Waals surface area contributed by atoms with Crippen LogP contribution in [0.5, 0.6) is 0 Å². The summed E-state index contributed by atoms with van der Waals surface area (Å²) in [6.07, 6.45) is 1.62. The normalized spacial score (nSPS) is 31.0. The van der Waals surface area contributed by atoms with Crippen molar-refractivity contribution in [1.29, 1.82) is 0 Å². The molecule has 2 unspecified atom stereocenters. The van der Waals surface area contributed by atoms with Crippen LogP contribution in [0.15, 0.2) is 24.3 Å². The molecular formula is C28H42N4O5. The van der Waals surface area contributed by atoms with Gasteiger partial charge in [0, 0.05) is 31.5 Å². The Balaban J connectivity index is 1.71. The molecule has 6 atom stereocenters. The van der Waals surface area contributed by atoms with Gasteiger partial charge in [-0.3, -0.25) is 14.4 Å². The monoisotopic (exact) mass is 514 g/mol. The Labute approximate surface area is 219 Å². The van der Waals surface area contributed by atoms with Gasteiger partial charge in [-0.15, -0.1) is 0 Å². The SMILES string of the molecule is CCN(CC)c1ccc(NC(=O)C2N([C@@H](CO)CC(C)C)C(=O)[C@@H]3[C@H](C(=O)NC)[C@]4(C)CCC23O4)cc1. The zero-order chi connectivity index (χ0) is 27.1. The molecule has 3 amide bonds. The Kier molecular flexibility index (Phi) is 7.59. The summed E-state index contributed by atoms with van der Waals surface area (Å²) >= 11 is 0. The smallest absolute Gasteiger partial charge is 0.250 e. The summed E-state index contributed by atoms with van der Waals surface area (Å²) in [5, 5.41) is 16.0. The van der Waals surface area contributed by atoms with E-state index >= 15 is 0 Å². The van der Waals surface area contributed by atoms with Crippen molar-refractivity contribution in [1.82, 2.24) is 10.2 Å². The highest BCUT2D eigenvalue weighted by molar-refractivity contribution is 6.04. The first kappa shape index (κ1) is 27.4. The molecule has 0 aliphatic carbocycles. The fourth-order valence-corrected chi connectivity index (χ4v) is 6.99. The number of hydrogen-bond acceptors (Lipinski definition) is 6. The standard InChI is InChI=1S/C28H42N4O5/c1-7-31(8-2)19-11-9-18(10-12-19)30-25(35)23-28-14-13-27(5,37-28)21(24(34)29-6)22(28)26(36)32(23)20(16-33)15-17(3)4/h9-12,17,20-23,33H,7-8,13-16H2,1-6H3,(H,29,34)(H,30,35)/t20-,21-,22+,23?,27+,28?/m1/s1. The summed E-state index contributed by atoms with van der Waals surface area (Å²) in [6, 6.07) is 6.17. The number of carbonyl (C=O) groups excluding carboxylic acids is 3. The lowest BCUT2D eigenvalue weighted by Gasteiger charge is -2.37. The molecule has 204 valence electrons. The maximum Gasteiger partial charge on any atom is 0.250 e. The van der Waals surface area contributed by atoms with Crippen LogP contribution < -0.4 is 15.5 Å². The lowest BCUT2D eigenvalue weighted by molar-refractivity contribution is -0.148. The Morgan fingerprint density at radius 2 is 1.81 bits per heavy atom. The number of anilines is 2. The molecular weight excluding hydrogens is 472 g/mol. The summed E-state index contributed by atoms with van der Waals surface area (Å²) in [7, 11) is 1.56. The van der Waals surface area contributed by atoms with Gasteiger partial charge in [-0.05, 0) is 70.2 Å². The third-order valence-corrected chi connectivity index (χ3v) is 8.60. The molecule has 9 nitrogen and oxygen atoms in total. The summed E-state index contributed by atoms with van der Waals surface area (Å²) < 4.78 is 6.59. The number of benzene rings is 1. The first-order valence-corrected chi connectivity index (χ1v) is 13.6. The molecule has 1 aromatic carbocycles. The number of nitrogens with one attached hydrogen (secondary N) is 2. The maximum absolute atomic E-state index is 14.0. The van der Waals surface area contributed by atoms with Crippen molar-refractivity contribution in [3.8, 4) is 0 Å². The average Bonchev–Trinajstić information content (AvgIpc) is 3.44. The van der Waals surface area contributed by atoms with Crippen LogP contribution in [0.25, 0.3) is 0 Å². The van der Waals surface area contributed by atoms with E-state index in [0.29, 0.717) is 24.9 Å². The second-order valence-corrected chi connectivity index (χ2v) is 11.3. The fourth-order valence-electron chi connectivity index (χ4n) is 6.99. The van der Waals surface area contributed by atoms with E-state index in [1.807, 2.05) is 45.0 Å². The number of fused-ring (bicyclic) bond motifs is 1. The number of carbonyl (C=O) groups is 3. The van der Waals surface area contributed by atoms with Crippen molar-refractivity contribution in [3.05, 3.63) is 24.3 Å². The van der Waals surface area contributed by atoms with E-state index in [2.05, 4.69) is 29.4 Å². The number of rotatable bonds is 10. The number of aliphatic hydroxyl groups excluding tert-OH is 1. The van der Waals surface area contributed by atoms with Gasteiger partial charge in [0.1, 0.15) is 11.6 Å². The summed E-state index contributed by atoms with van der Waals surface area (Å²) in [6.45, 7) is 11.6. The van der Waals surface area contributed by atoms with Crippen molar-refractivity contribution in [2.45, 2.75) is 77.2 Å². The Morgan fingerprint density at radius 3 is 2.35 bits per heavy atom. The molecule has 3 fully saturated rings. The van der Waals surface area contributed by atoms with Crippen LogP contribution in [-0.4, -0.2) is 77.8 Å². The second kappa shape index (κ2) is 10.3. The van der Waals surface area contributed by atoms with Gasteiger partial charge in [0.25, 0.3) is 0 Å². The van der Waals surface area contributed by atoms with Gasteiger partial charge >= 0.3 is 0 Å². The van der Waals surface area contributed by atoms with Gasteiger partial charge in [0.15, 0.2) is 0 Å². The topological polar surface area (TPSA) is 111 Å². The third kappa shape index (κ3) is 4.40. The largest absolute Gasteiger partial charge is 0.394 e. The van der Waals surface area contributed by atoms with Crippen molar-refractivity contribution in [2.75, 3.05) is 37.0 Å². The summed E-state index contributed by atoms with van der Waals surface area (Å²) in [5.74, 6) is -2.15. The molecule has 3 aliphatic rings. The van der Waals surface area contributed by atoms with E-state index < -0.39 is 35.1 Å². The lowest BCUT2D eigenvalue weighted by atomic mass is 9.66. The molecule has 1 aromatic rings. The van der Waals surface area contributed by atoms with Crippen LogP contribution in [0, 0.1) is 17.8 Å². The van der Waals surface area contributed by atoms with E-state index in [-0.39, 0.29) is 30.2 Å². The van der Waals surface area contributed by atoms with Crippen LogP contribution >= 0.6 is 0 Å². The first-order valence-electron chi connectivity index (χ1n) is 13.6. The van der Waals surface area contributed by atoms with Gasteiger partial charge in [-0.2, -0.15) is 0 Å².